The zero-order valence-corrected chi connectivity index (χ0v) is 9.79. The molecule has 0 saturated carbocycles. The summed E-state index contributed by atoms with van der Waals surface area (Å²) < 4.78 is 0. The van der Waals surface area contributed by atoms with E-state index in [4.69, 9.17) is 0 Å². The molecule has 0 radical (unpaired) electrons. The number of likely N-dealkylation sites (N-methyl/N-ethyl adjacent to an activating group) is 1. The third kappa shape index (κ3) is 2.45. The van der Waals surface area contributed by atoms with Crippen molar-refractivity contribution in [1.29, 1.82) is 0 Å². The van der Waals surface area contributed by atoms with E-state index in [1.54, 1.807) is 0 Å². The molecule has 0 aliphatic carbocycles. The second-order valence-electron chi connectivity index (χ2n) is 4.48. The summed E-state index contributed by atoms with van der Waals surface area (Å²) >= 11 is 4.52. The third-order valence-electron chi connectivity index (χ3n) is 3.24. The maximum Gasteiger partial charge on any atom is 0.0303 e. The van der Waals surface area contributed by atoms with Crippen molar-refractivity contribution >= 4 is 12.6 Å². The van der Waals surface area contributed by atoms with Gasteiger partial charge in [0, 0.05) is 30.9 Å². The van der Waals surface area contributed by atoms with Gasteiger partial charge in [0.05, 0.1) is 0 Å². The van der Waals surface area contributed by atoms with Crippen LogP contribution in [0.25, 0.3) is 0 Å². The highest BCUT2D eigenvalue weighted by molar-refractivity contribution is 7.81. The van der Waals surface area contributed by atoms with E-state index in [0.29, 0.717) is 11.3 Å². The smallest absolute Gasteiger partial charge is 0.0303 e. The molecule has 80 valence electrons. The lowest BCUT2D eigenvalue weighted by Gasteiger charge is -2.17. The normalized spacial score (nSPS) is 34.9. The molecule has 2 aliphatic heterocycles. The molecule has 14 heavy (non-hydrogen) atoms. The Morgan fingerprint density at radius 1 is 1.29 bits per heavy atom. The molecule has 0 aromatic heterocycles. The predicted octanol–water partition coefficient (Wildman–Crippen LogP) is 1.60. The van der Waals surface area contributed by atoms with Crippen molar-refractivity contribution in [2.45, 2.75) is 30.6 Å². The van der Waals surface area contributed by atoms with Gasteiger partial charge in [0.15, 0.2) is 0 Å². The zero-order valence-electron chi connectivity index (χ0n) is 8.89. The highest BCUT2D eigenvalue weighted by Crippen LogP contribution is 2.21. The average Bonchev–Trinajstić information content (AvgIpc) is 2.72. The van der Waals surface area contributed by atoms with Gasteiger partial charge in [0.1, 0.15) is 0 Å². The van der Waals surface area contributed by atoms with Crippen molar-refractivity contribution in [3.63, 3.8) is 0 Å². The van der Waals surface area contributed by atoms with Crippen molar-refractivity contribution < 1.29 is 0 Å². The van der Waals surface area contributed by atoms with Crippen molar-refractivity contribution in [2.75, 3.05) is 26.7 Å². The molecule has 0 spiro atoms. The fourth-order valence-electron chi connectivity index (χ4n) is 2.34. The Hall–Kier alpha value is -0.150. The Morgan fingerprint density at radius 3 is 2.57 bits per heavy atom. The maximum atomic E-state index is 4.52. The summed E-state index contributed by atoms with van der Waals surface area (Å²) in [6.07, 6.45) is 8.56. The van der Waals surface area contributed by atoms with E-state index >= 15 is 0 Å². The lowest BCUT2D eigenvalue weighted by Crippen LogP contribution is -2.24. The molecule has 2 rings (SSSR count). The second-order valence-corrected chi connectivity index (χ2v) is 5.21. The number of hydrogen-bond acceptors (Lipinski definition) is 3. The number of hydrogen-bond donors (Lipinski definition) is 1. The van der Waals surface area contributed by atoms with Gasteiger partial charge in [-0.25, -0.2) is 0 Å². The predicted molar refractivity (Wildman–Crippen MR) is 63.8 cm³/mol. The van der Waals surface area contributed by atoms with Crippen molar-refractivity contribution in [1.82, 2.24) is 9.80 Å². The first-order valence-electron chi connectivity index (χ1n) is 5.56. The quantitative estimate of drug-likeness (QED) is 0.695. The van der Waals surface area contributed by atoms with Crippen molar-refractivity contribution in [2.24, 2.45) is 0 Å². The number of likely N-dealkylation sites (tertiary alicyclic amines) is 2. The lowest BCUT2D eigenvalue weighted by molar-refractivity contribution is 0.352. The van der Waals surface area contributed by atoms with E-state index < -0.39 is 0 Å². The molecular formula is C11H20N2S. The Bertz CT molecular complexity index is 211. The molecule has 2 atom stereocenters. The fraction of sp³-hybridized carbons (Fsp3) is 0.818. The van der Waals surface area contributed by atoms with Gasteiger partial charge in [-0.15, -0.1) is 0 Å². The Labute approximate surface area is 92.4 Å². The van der Waals surface area contributed by atoms with Gasteiger partial charge in [0.25, 0.3) is 0 Å². The second kappa shape index (κ2) is 4.58. The highest BCUT2D eigenvalue weighted by atomic mass is 32.1. The molecule has 0 N–H and O–H groups in total. The number of thiol groups is 1. The molecule has 0 aromatic carbocycles. The summed E-state index contributed by atoms with van der Waals surface area (Å²) in [6.45, 7) is 3.62. The van der Waals surface area contributed by atoms with Crippen LogP contribution in [0, 0.1) is 0 Å². The van der Waals surface area contributed by atoms with Gasteiger partial charge in [-0.1, -0.05) is 6.08 Å². The number of rotatable bonds is 2. The van der Waals surface area contributed by atoms with Crippen molar-refractivity contribution in [3.8, 4) is 0 Å². The molecule has 0 amide bonds. The lowest BCUT2D eigenvalue weighted by atomic mass is 10.2. The molecular weight excluding hydrogens is 192 g/mol. The minimum atomic E-state index is 0.563. The summed E-state index contributed by atoms with van der Waals surface area (Å²) in [5.41, 5.74) is 0. The van der Waals surface area contributed by atoms with Gasteiger partial charge in [-0.3, -0.25) is 4.90 Å². The van der Waals surface area contributed by atoms with E-state index in [1.807, 2.05) is 0 Å². The Morgan fingerprint density at radius 2 is 2.00 bits per heavy atom. The molecule has 0 aromatic rings. The van der Waals surface area contributed by atoms with E-state index in [0.717, 1.165) is 6.54 Å². The zero-order chi connectivity index (χ0) is 9.97. The van der Waals surface area contributed by atoms with Crippen LogP contribution >= 0.6 is 12.6 Å². The van der Waals surface area contributed by atoms with Crippen LogP contribution in [0.15, 0.2) is 12.3 Å². The highest BCUT2D eigenvalue weighted by Gasteiger charge is 2.25. The molecule has 3 heteroatoms. The molecule has 0 unspecified atom stereocenters. The molecule has 0 bridgehead atoms. The van der Waals surface area contributed by atoms with Gasteiger partial charge >= 0.3 is 0 Å². The van der Waals surface area contributed by atoms with E-state index in [-0.39, 0.29) is 0 Å². The van der Waals surface area contributed by atoms with Crippen molar-refractivity contribution in [3.05, 3.63) is 12.3 Å². The first-order chi connectivity index (χ1) is 6.75. The van der Waals surface area contributed by atoms with Gasteiger partial charge in [0.2, 0.25) is 0 Å². The third-order valence-corrected chi connectivity index (χ3v) is 3.61. The summed E-state index contributed by atoms with van der Waals surface area (Å²) in [5, 5.41) is 0.563. The molecule has 2 saturated heterocycles. The molecule has 2 heterocycles. The van der Waals surface area contributed by atoms with Crippen LogP contribution < -0.4 is 0 Å². The van der Waals surface area contributed by atoms with Crippen LogP contribution in [0.2, 0.25) is 0 Å². The topological polar surface area (TPSA) is 6.48 Å². The van der Waals surface area contributed by atoms with E-state index in [9.17, 15) is 0 Å². The minimum absolute atomic E-state index is 0.563. The van der Waals surface area contributed by atoms with E-state index in [2.05, 4.69) is 41.8 Å². The maximum absolute atomic E-state index is 4.52. The van der Waals surface area contributed by atoms with Crippen LogP contribution in [-0.2, 0) is 0 Å². The summed E-state index contributed by atoms with van der Waals surface area (Å²) in [5.74, 6) is 0. The van der Waals surface area contributed by atoms with Gasteiger partial charge < -0.3 is 4.90 Å². The Kier molecular flexibility index (Phi) is 3.39. The Balaban J connectivity index is 1.84. The van der Waals surface area contributed by atoms with Crippen LogP contribution in [0.1, 0.15) is 19.3 Å². The molecule has 2 aliphatic rings. The summed E-state index contributed by atoms with van der Waals surface area (Å²) in [7, 11) is 2.19. The van der Waals surface area contributed by atoms with Crippen LogP contribution in [-0.4, -0.2) is 47.8 Å². The first-order valence-corrected chi connectivity index (χ1v) is 6.08. The molecule has 2 nitrogen and oxygen atoms in total. The van der Waals surface area contributed by atoms with Crippen LogP contribution in [0.4, 0.5) is 0 Å². The minimum Gasteiger partial charge on any atom is -0.378 e. The first kappa shape index (κ1) is 10.4. The number of nitrogens with zero attached hydrogens (tertiary/aromatic N) is 2. The van der Waals surface area contributed by atoms with Gasteiger partial charge in [-0.05, 0) is 32.5 Å². The van der Waals surface area contributed by atoms with E-state index in [1.165, 1.54) is 32.4 Å². The van der Waals surface area contributed by atoms with Crippen LogP contribution in [0.3, 0.4) is 0 Å². The van der Waals surface area contributed by atoms with Crippen LogP contribution in [0.5, 0.6) is 0 Å². The summed E-state index contributed by atoms with van der Waals surface area (Å²) in [6, 6.07) is 0.609. The fourth-order valence-corrected chi connectivity index (χ4v) is 2.81. The SMILES string of the molecule is CN1C[C@@H](S)C[C@H]1/C=C/N1CCCC1. The molecule has 2 fully saturated rings. The summed E-state index contributed by atoms with van der Waals surface area (Å²) in [4.78, 5) is 4.82. The monoisotopic (exact) mass is 212 g/mol. The standard InChI is InChI=1S/C11H20N2S/c1-12-9-11(14)8-10(12)4-7-13-5-2-3-6-13/h4,7,10-11,14H,2-3,5-6,8-9H2,1H3/b7-4+/t10-,11+/m1/s1. The van der Waals surface area contributed by atoms with Gasteiger partial charge in [-0.2, -0.15) is 12.6 Å². The average molecular weight is 212 g/mol. The largest absolute Gasteiger partial charge is 0.378 e.